The second-order valence-corrected chi connectivity index (χ2v) is 5.79. The lowest BCUT2D eigenvalue weighted by atomic mass is 10.2. The molecule has 0 aliphatic rings. The molecule has 118 valence electrons. The summed E-state index contributed by atoms with van der Waals surface area (Å²) in [6.07, 6.45) is 2.06. The van der Waals surface area contributed by atoms with Crippen LogP contribution in [0.1, 0.15) is 5.89 Å². The average Bonchev–Trinajstić information content (AvgIpc) is 3.00. The number of hydrogen-bond donors (Lipinski definition) is 2. The third-order valence-electron chi connectivity index (χ3n) is 2.78. The maximum absolute atomic E-state index is 5.96. The largest absolute Gasteiger partial charge is 0.356 e. The van der Waals surface area contributed by atoms with Crippen molar-refractivity contribution in [2.75, 3.05) is 25.6 Å². The van der Waals surface area contributed by atoms with Crippen molar-refractivity contribution in [1.29, 1.82) is 0 Å². The Kier molecular flexibility index (Phi) is 6.54. The maximum atomic E-state index is 5.96. The molecule has 0 saturated carbocycles. The maximum Gasteiger partial charge on any atom is 0.246 e. The van der Waals surface area contributed by atoms with Gasteiger partial charge < -0.3 is 15.2 Å². The quantitative estimate of drug-likeness (QED) is 0.478. The summed E-state index contributed by atoms with van der Waals surface area (Å²) < 4.78 is 5.23. The zero-order chi connectivity index (χ0) is 15.8. The van der Waals surface area contributed by atoms with Crippen LogP contribution in [0.25, 0.3) is 11.4 Å². The van der Waals surface area contributed by atoms with Gasteiger partial charge in [-0.25, -0.2) is 0 Å². The summed E-state index contributed by atoms with van der Waals surface area (Å²) in [6, 6.07) is 7.34. The summed E-state index contributed by atoms with van der Waals surface area (Å²) in [6.45, 7) is 1.25. The molecule has 0 bridgehead atoms. The van der Waals surface area contributed by atoms with Gasteiger partial charge in [0.1, 0.15) is 0 Å². The van der Waals surface area contributed by atoms with Gasteiger partial charge in [-0.1, -0.05) is 28.9 Å². The van der Waals surface area contributed by atoms with Crippen molar-refractivity contribution in [3.8, 4) is 11.4 Å². The lowest BCUT2D eigenvalue weighted by Crippen LogP contribution is -2.38. The number of rotatable bonds is 6. The van der Waals surface area contributed by atoms with Gasteiger partial charge in [-0.15, -0.1) is 0 Å². The van der Waals surface area contributed by atoms with Gasteiger partial charge in [0.2, 0.25) is 11.7 Å². The molecule has 0 spiro atoms. The first-order valence-corrected chi connectivity index (χ1v) is 8.52. The fraction of sp³-hybridized carbons (Fsp3) is 0.357. The highest BCUT2D eigenvalue weighted by molar-refractivity contribution is 7.98. The van der Waals surface area contributed by atoms with Gasteiger partial charge in [-0.2, -0.15) is 16.7 Å². The second kappa shape index (κ2) is 8.65. The number of thioether (sulfide) groups is 1. The predicted octanol–water partition coefficient (Wildman–Crippen LogP) is 2.42. The molecule has 22 heavy (non-hydrogen) atoms. The van der Waals surface area contributed by atoms with Gasteiger partial charge in [-0.05, 0) is 18.4 Å². The average molecular weight is 340 g/mol. The lowest BCUT2D eigenvalue weighted by Gasteiger charge is -2.09. The second-order valence-electron chi connectivity index (χ2n) is 4.37. The van der Waals surface area contributed by atoms with Gasteiger partial charge in [0.25, 0.3) is 0 Å². The van der Waals surface area contributed by atoms with Crippen LogP contribution in [-0.4, -0.2) is 41.7 Å². The van der Waals surface area contributed by atoms with Crippen LogP contribution in [-0.2, 0) is 6.54 Å². The first-order chi connectivity index (χ1) is 10.7. The van der Waals surface area contributed by atoms with Crippen molar-refractivity contribution in [2.24, 2.45) is 4.99 Å². The van der Waals surface area contributed by atoms with E-state index in [2.05, 4.69) is 32.0 Å². The number of hydrogen-bond acceptors (Lipinski definition) is 5. The standard InChI is InChI=1S/C14H18ClN5OS/c1-16-14(17-6-7-22-2)18-9-12-19-13(20-21-12)10-4-3-5-11(15)8-10/h3-5,8H,6-7,9H2,1-2H3,(H2,16,17,18). The van der Waals surface area contributed by atoms with Gasteiger partial charge in [0, 0.05) is 29.9 Å². The molecule has 0 aliphatic heterocycles. The van der Waals surface area contributed by atoms with E-state index in [9.17, 15) is 0 Å². The van der Waals surface area contributed by atoms with Crippen molar-refractivity contribution >= 4 is 29.3 Å². The fourth-order valence-electron chi connectivity index (χ4n) is 1.72. The van der Waals surface area contributed by atoms with Crippen molar-refractivity contribution < 1.29 is 4.52 Å². The number of benzene rings is 1. The van der Waals surface area contributed by atoms with Crippen molar-refractivity contribution in [1.82, 2.24) is 20.8 Å². The molecular formula is C14H18ClN5OS. The minimum Gasteiger partial charge on any atom is -0.356 e. The molecule has 2 N–H and O–H groups in total. The van der Waals surface area contributed by atoms with Crippen molar-refractivity contribution in [2.45, 2.75) is 6.54 Å². The third kappa shape index (κ3) is 4.92. The number of aromatic nitrogens is 2. The van der Waals surface area contributed by atoms with Gasteiger partial charge in [0.15, 0.2) is 5.96 Å². The van der Waals surface area contributed by atoms with Crippen LogP contribution in [0.4, 0.5) is 0 Å². The Hall–Kier alpha value is -1.73. The predicted molar refractivity (Wildman–Crippen MR) is 91.3 cm³/mol. The monoisotopic (exact) mass is 339 g/mol. The summed E-state index contributed by atoms with van der Waals surface area (Å²) in [4.78, 5) is 8.47. The van der Waals surface area contributed by atoms with Crippen LogP contribution < -0.4 is 10.6 Å². The van der Waals surface area contributed by atoms with Crippen LogP contribution in [0.2, 0.25) is 5.02 Å². The summed E-state index contributed by atoms with van der Waals surface area (Å²) in [5.41, 5.74) is 0.824. The number of nitrogens with one attached hydrogen (secondary N) is 2. The van der Waals surface area contributed by atoms with E-state index in [-0.39, 0.29) is 0 Å². The molecule has 1 aromatic heterocycles. The van der Waals surface area contributed by atoms with E-state index in [1.807, 2.05) is 12.1 Å². The van der Waals surface area contributed by atoms with Crippen LogP contribution in [0.15, 0.2) is 33.8 Å². The van der Waals surface area contributed by atoms with E-state index >= 15 is 0 Å². The molecule has 2 aromatic rings. The third-order valence-corrected chi connectivity index (χ3v) is 3.63. The molecule has 0 unspecified atom stereocenters. The Bertz CT molecular complexity index is 631. The number of nitrogens with zero attached hydrogens (tertiary/aromatic N) is 3. The first kappa shape index (κ1) is 16.6. The van der Waals surface area contributed by atoms with Crippen LogP contribution in [0.3, 0.4) is 0 Å². The summed E-state index contributed by atoms with van der Waals surface area (Å²) in [5.74, 6) is 2.73. The molecule has 8 heteroatoms. The normalized spacial score (nSPS) is 11.5. The highest BCUT2D eigenvalue weighted by Crippen LogP contribution is 2.19. The molecule has 6 nitrogen and oxygen atoms in total. The van der Waals surface area contributed by atoms with Crippen molar-refractivity contribution in [3.63, 3.8) is 0 Å². The fourth-order valence-corrected chi connectivity index (χ4v) is 2.22. The lowest BCUT2D eigenvalue weighted by molar-refractivity contribution is 0.375. The van der Waals surface area contributed by atoms with Gasteiger partial charge in [-0.3, -0.25) is 4.99 Å². The molecule has 0 amide bonds. The Morgan fingerprint density at radius 3 is 3.00 bits per heavy atom. The van der Waals surface area contributed by atoms with Crippen LogP contribution in [0, 0.1) is 0 Å². The first-order valence-electron chi connectivity index (χ1n) is 6.75. The molecule has 0 fully saturated rings. The highest BCUT2D eigenvalue weighted by atomic mass is 35.5. The highest BCUT2D eigenvalue weighted by Gasteiger charge is 2.09. The summed E-state index contributed by atoms with van der Waals surface area (Å²) in [5, 5.41) is 10.9. The molecule has 0 radical (unpaired) electrons. The molecule has 0 atom stereocenters. The van der Waals surface area contributed by atoms with E-state index in [1.54, 1.807) is 30.9 Å². The minimum atomic E-state index is 0.409. The summed E-state index contributed by atoms with van der Waals surface area (Å²) in [7, 11) is 1.72. The number of guanidine groups is 1. The number of halogens is 1. The zero-order valence-corrected chi connectivity index (χ0v) is 14.0. The summed E-state index contributed by atoms with van der Waals surface area (Å²) >= 11 is 7.73. The van der Waals surface area contributed by atoms with E-state index in [0.29, 0.717) is 29.2 Å². The minimum absolute atomic E-state index is 0.409. The van der Waals surface area contributed by atoms with E-state index < -0.39 is 0 Å². The Morgan fingerprint density at radius 1 is 1.41 bits per heavy atom. The number of aliphatic imine (C=N–C) groups is 1. The SMILES string of the molecule is CN=C(NCCSC)NCc1nc(-c2cccc(Cl)c2)no1. The molecule has 1 heterocycles. The zero-order valence-electron chi connectivity index (χ0n) is 12.5. The molecule has 1 aromatic carbocycles. The molecule has 0 aliphatic carbocycles. The van der Waals surface area contributed by atoms with E-state index in [1.165, 1.54) is 0 Å². The Labute approximate surface area is 138 Å². The van der Waals surface area contributed by atoms with Crippen LogP contribution in [0.5, 0.6) is 0 Å². The van der Waals surface area contributed by atoms with Gasteiger partial charge in [0.05, 0.1) is 6.54 Å². The Morgan fingerprint density at radius 2 is 2.27 bits per heavy atom. The van der Waals surface area contributed by atoms with E-state index in [0.717, 1.165) is 17.9 Å². The molecule has 0 saturated heterocycles. The molecule has 2 rings (SSSR count). The van der Waals surface area contributed by atoms with Crippen molar-refractivity contribution in [3.05, 3.63) is 35.2 Å². The Balaban J connectivity index is 1.92. The molecular weight excluding hydrogens is 322 g/mol. The smallest absolute Gasteiger partial charge is 0.246 e. The van der Waals surface area contributed by atoms with Crippen LogP contribution >= 0.6 is 23.4 Å². The van der Waals surface area contributed by atoms with E-state index in [4.69, 9.17) is 16.1 Å². The topological polar surface area (TPSA) is 75.3 Å². The van der Waals surface area contributed by atoms with Gasteiger partial charge >= 0.3 is 0 Å².